The molecular formula is C11H21NO3. The normalized spacial score (nSPS) is 11.9. The summed E-state index contributed by atoms with van der Waals surface area (Å²) in [6.45, 7) is 6.60. The molecule has 15 heavy (non-hydrogen) atoms. The van der Waals surface area contributed by atoms with Crippen LogP contribution in [0.1, 0.15) is 40.0 Å². The van der Waals surface area contributed by atoms with Gasteiger partial charge in [-0.25, -0.2) is 0 Å². The quantitative estimate of drug-likeness (QED) is 0.517. The van der Waals surface area contributed by atoms with Crippen LogP contribution in [0.2, 0.25) is 0 Å². The second-order valence-corrected chi connectivity index (χ2v) is 3.55. The maximum absolute atomic E-state index is 11.4. The molecule has 4 nitrogen and oxygen atoms in total. The van der Waals surface area contributed by atoms with Gasteiger partial charge in [0.1, 0.15) is 0 Å². The zero-order chi connectivity index (χ0) is 11.7. The average molecular weight is 215 g/mol. The van der Waals surface area contributed by atoms with Gasteiger partial charge in [-0.3, -0.25) is 9.59 Å². The van der Waals surface area contributed by atoms with Crippen molar-refractivity contribution in [2.24, 2.45) is 5.92 Å². The molecular weight excluding hydrogens is 194 g/mol. The number of unbranched alkanes of at least 4 members (excludes halogenated alkanes) is 1. The third-order valence-corrected chi connectivity index (χ3v) is 2.06. The van der Waals surface area contributed by atoms with Crippen molar-refractivity contribution in [2.75, 3.05) is 13.2 Å². The Kier molecular flexibility index (Phi) is 7.68. The van der Waals surface area contributed by atoms with E-state index in [2.05, 4.69) is 12.2 Å². The first-order valence-corrected chi connectivity index (χ1v) is 5.55. The van der Waals surface area contributed by atoms with Gasteiger partial charge in [-0.15, -0.1) is 0 Å². The van der Waals surface area contributed by atoms with Crippen LogP contribution in [0.3, 0.4) is 0 Å². The summed E-state index contributed by atoms with van der Waals surface area (Å²) in [5.41, 5.74) is 0. The molecule has 4 heteroatoms. The van der Waals surface area contributed by atoms with Crippen molar-refractivity contribution < 1.29 is 14.3 Å². The molecule has 0 saturated carbocycles. The van der Waals surface area contributed by atoms with E-state index in [-0.39, 0.29) is 24.2 Å². The highest BCUT2D eigenvalue weighted by Gasteiger charge is 2.16. The Morgan fingerprint density at radius 3 is 2.53 bits per heavy atom. The van der Waals surface area contributed by atoms with Gasteiger partial charge < -0.3 is 10.1 Å². The van der Waals surface area contributed by atoms with E-state index in [1.54, 1.807) is 13.8 Å². The van der Waals surface area contributed by atoms with E-state index >= 15 is 0 Å². The Labute approximate surface area is 91.4 Å². The van der Waals surface area contributed by atoms with Crippen LogP contribution in [0.15, 0.2) is 0 Å². The van der Waals surface area contributed by atoms with E-state index in [1.807, 2.05) is 0 Å². The van der Waals surface area contributed by atoms with E-state index in [9.17, 15) is 9.59 Å². The summed E-state index contributed by atoms with van der Waals surface area (Å²) in [6, 6.07) is 0. The smallest absolute Gasteiger partial charge is 0.306 e. The molecule has 0 aromatic carbocycles. The van der Waals surface area contributed by atoms with Crippen LogP contribution in [0.25, 0.3) is 0 Å². The highest BCUT2D eigenvalue weighted by Crippen LogP contribution is 2.03. The number of esters is 1. The van der Waals surface area contributed by atoms with Crippen molar-refractivity contribution in [3.8, 4) is 0 Å². The van der Waals surface area contributed by atoms with Gasteiger partial charge >= 0.3 is 5.97 Å². The summed E-state index contributed by atoms with van der Waals surface area (Å²) >= 11 is 0. The highest BCUT2D eigenvalue weighted by atomic mass is 16.5. The predicted molar refractivity (Wildman–Crippen MR) is 58.3 cm³/mol. The lowest BCUT2D eigenvalue weighted by molar-refractivity contribution is -0.146. The van der Waals surface area contributed by atoms with Crippen molar-refractivity contribution in [1.82, 2.24) is 5.32 Å². The van der Waals surface area contributed by atoms with Crippen LogP contribution in [0, 0.1) is 5.92 Å². The molecule has 0 spiro atoms. The Bertz CT molecular complexity index is 204. The zero-order valence-corrected chi connectivity index (χ0v) is 9.84. The number of carbonyl (C=O) groups is 2. The van der Waals surface area contributed by atoms with Crippen LogP contribution in [0.5, 0.6) is 0 Å². The van der Waals surface area contributed by atoms with Crippen molar-refractivity contribution in [1.29, 1.82) is 0 Å². The minimum Gasteiger partial charge on any atom is -0.466 e. The number of carbonyl (C=O) groups excluding carboxylic acids is 2. The van der Waals surface area contributed by atoms with Crippen molar-refractivity contribution in [2.45, 2.75) is 40.0 Å². The molecule has 0 heterocycles. The molecule has 0 aromatic heterocycles. The number of hydrogen-bond donors (Lipinski definition) is 1. The topological polar surface area (TPSA) is 55.4 Å². The molecule has 0 aromatic rings. The molecule has 1 N–H and O–H groups in total. The molecule has 0 fully saturated rings. The molecule has 1 amide bonds. The molecule has 1 unspecified atom stereocenters. The van der Waals surface area contributed by atoms with Gasteiger partial charge in [-0.2, -0.15) is 0 Å². The zero-order valence-electron chi connectivity index (χ0n) is 9.84. The molecule has 0 saturated heterocycles. The van der Waals surface area contributed by atoms with E-state index in [0.29, 0.717) is 13.2 Å². The Morgan fingerprint density at radius 2 is 2.00 bits per heavy atom. The monoisotopic (exact) mass is 215 g/mol. The largest absolute Gasteiger partial charge is 0.466 e. The van der Waals surface area contributed by atoms with E-state index in [4.69, 9.17) is 4.74 Å². The first-order valence-electron chi connectivity index (χ1n) is 5.55. The van der Waals surface area contributed by atoms with Crippen LogP contribution >= 0.6 is 0 Å². The highest BCUT2D eigenvalue weighted by molar-refractivity contribution is 5.83. The molecule has 0 aliphatic rings. The number of rotatable bonds is 7. The molecule has 1 atom stereocenters. The van der Waals surface area contributed by atoms with Gasteiger partial charge in [-0.05, 0) is 13.3 Å². The number of amides is 1. The van der Waals surface area contributed by atoms with Gasteiger partial charge in [0.15, 0.2) is 0 Å². The molecule has 88 valence electrons. The van der Waals surface area contributed by atoms with Crippen molar-refractivity contribution in [3.05, 3.63) is 0 Å². The summed E-state index contributed by atoms with van der Waals surface area (Å²) in [4.78, 5) is 22.5. The first kappa shape index (κ1) is 13.9. The first-order chi connectivity index (χ1) is 7.11. The SMILES string of the molecule is CCCCNC(=O)C(C)CC(=O)OCC. The van der Waals surface area contributed by atoms with Crippen LogP contribution in [0.4, 0.5) is 0 Å². The summed E-state index contributed by atoms with van der Waals surface area (Å²) in [7, 11) is 0. The van der Waals surface area contributed by atoms with Crippen LogP contribution in [-0.4, -0.2) is 25.0 Å². The lowest BCUT2D eigenvalue weighted by Gasteiger charge is -2.10. The second kappa shape index (κ2) is 8.26. The Hall–Kier alpha value is -1.06. The van der Waals surface area contributed by atoms with E-state index < -0.39 is 0 Å². The summed E-state index contributed by atoms with van der Waals surface area (Å²) < 4.78 is 4.77. The predicted octanol–water partition coefficient (Wildman–Crippen LogP) is 1.49. The fraction of sp³-hybridized carbons (Fsp3) is 0.818. The van der Waals surface area contributed by atoms with Gasteiger partial charge in [0.25, 0.3) is 0 Å². The second-order valence-electron chi connectivity index (χ2n) is 3.55. The van der Waals surface area contributed by atoms with Gasteiger partial charge in [0, 0.05) is 12.5 Å². The third-order valence-electron chi connectivity index (χ3n) is 2.06. The van der Waals surface area contributed by atoms with Crippen molar-refractivity contribution >= 4 is 11.9 Å². The number of nitrogens with one attached hydrogen (secondary N) is 1. The van der Waals surface area contributed by atoms with Crippen LogP contribution < -0.4 is 5.32 Å². The summed E-state index contributed by atoms with van der Waals surface area (Å²) in [5.74, 6) is -0.687. The third kappa shape index (κ3) is 6.94. The molecule has 0 radical (unpaired) electrons. The molecule has 0 aliphatic heterocycles. The Morgan fingerprint density at radius 1 is 1.33 bits per heavy atom. The Balaban J connectivity index is 3.73. The number of ether oxygens (including phenoxy) is 1. The van der Waals surface area contributed by atoms with Crippen LogP contribution in [-0.2, 0) is 14.3 Å². The minimum absolute atomic E-state index is 0.0727. The summed E-state index contributed by atoms with van der Waals surface area (Å²) in [6.07, 6.45) is 2.18. The average Bonchev–Trinajstić information content (AvgIpc) is 2.18. The van der Waals surface area contributed by atoms with Gasteiger partial charge in [-0.1, -0.05) is 20.3 Å². The van der Waals surface area contributed by atoms with Gasteiger partial charge in [0.2, 0.25) is 5.91 Å². The summed E-state index contributed by atoms with van der Waals surface area (Å²) in [5, 5.41) is 2.78. The number of hydrogen-bond acceptors (Lipinski definition) is 3. The lowest BCUT2D eigenvalue weighted by Crippen LogP contribution is -2.31. The minimum atomic E-state index is -0.310. The maximum atomic E-state index is 11.4. The molecule has 0 bridgehead atoms. The van der Waals surface area contributed by atoms with Crippen molar-refractivity contribution in [3.63, 3.8) is 0 Å². The fourth-order valence-corrected chi connectivity index (χ4v) is 1.13. The maximum Gasteiger partial charge on any atom is 0.306 e. The molecule has 0 aliphatic carbocycles. The fourth-order valence-electron chi connectivity index (χ4n) is 1.13. The molecule has 0 rings (SSSR count). The van der Waals surface area contributed by atoms with E-state index in [0.717, 1.165) is 12.8 Å². The van der Waals surface area contributed by atoms with E-state index in [1.165, 1.54) is 0 Å². The lowest BCUT2D eigenvalue weighted by atomic mass is 10.1. The standard InChI is InChI=1S/C11H21NO3/c1-4-6-7-12-11(14)9(3)8-10(13)15-5-2/h9H,4-8H2,1-3H3,(H,12,14). The van der Waals surface area contributed by atoms with Gasteiger partial charge in [0.05, 0.1) is 13.0 Å².